The number of nitrogens with zero attached hydrogens (tertiary/aromatic N) is 3. The lowest BCUT2D eigenvalue weighted by Crippen LogP contribution is -2.58. The second-order valence-corrected chi connectivity index (χ2v) is 12.7. The molecule has 7 atom stereocenters. The molecule has 3 amide bonds. The number of carbonyl (C=O) groups is 4. The first kappa shape index (κ1) is 28.2. The van der Waals surface area contributed by atoms with Gasteiger partial charge in [0.2, 0.25) is 0 Å². The van der Waals surface area contributed by atoms with Crippen molar-refractivity contribution in [2.24, 2.45) is 23.7 Å². The topological polar surface area (TPSA) is 118 Å². The van der Waals surface area contributed by atoms with Crippen LogP contribution in [0.2, 0.25) is 5.02 Å². The van der Waals surface area contributed by atoms with Crippen molar-refractivity contribution in [2.75, 3.05) is 5.88 Å². The van der Waals surface area contributed by atoms with E-state index >= 15 is 0 Å². The van der Waals surface area contributed by atoms with Crippen LogP contribution < -0.4 is 0 Å². The summed E-state index contributed by atoms with van der Waals surface area (Å²) in [4.78, 5) is 66.1. The molecule has 0 unspecified atom stereocenters. The van der Waals surface area contributed by atoms with Crippen molar-refractivity contribution in [3.63, 3.8) is 0 Å². The third-order valence-corrected chi connectivity index (χ3v) is 11.5. The lowest BCUT2D eigenvalue weighted by Gasteiger charge is -2.36. The molecule has 2 saturated carbocycles. The number of Topliss-reactive ketones (excluding diaryl/α,β-unsaturated/α-hetero) is 1. The number of ketones is 1. The van der Waals surface area contributed by atoms with E-state index in [1.165, 1.54) is 36.4 Å². The highest BCUT2D eigenvalue weighted by atomic mass is 79.9. The van der Waals surface area contributed by atoms with Gasteiger partial charge in [0.25, 0.3) is 23.4 Å². The van der Waals surface area contributed by atoms with Crippen LogP contribution in [-0.2, 0) is 9.59 Å². The Morgan fingerprint density at radius 1 is 0.974 bits per heavy atom. The molecule has 13 heteroatoms. The smallest absolute Gasteiger partial charge is 0.273 e. The average molecular weight is 702 g/mol. The molecule has 2 bridgehead atoms. The number of hydrogen-bond donors (Lipinski definition) is 0. The van der Waals surface area contributed by atoms with Gasteiger partial charge in [0.05, 0.1) is 16.8 Å². The van der Waals surface area contributed by atoms with Crippen molar-refractivity contribution in [3.8, 4) is 0 Å². The van der Waals surface area contributed by atoms with Gasteiger partial charge < -0.3 is 0 Å². The Kier molecular flexibility index (Phi) is 7.89. The molecule has 0 spiro atoms. The van der Waals surface area contributed by atoms with Gasteiger partial charge in [0, 0.05) is 43.8 Å². The molecule has 9 nitrogen and oxygen atoms in total. The first-order valence-electron chi connectivity index (χ1n) is 12.2. The van der Waals surface area contributed by atoms with Crippen molar-refractivity contribution < 1.29 is 24.1 Å². The molecule has 204 valence electrons. The standard InChI is InChI=1S/C26H21Br2Cl2N3O6/c27-21-16-11-17(22(21)28)20-19(16)25(36)32(26(20)37)31(24(35)13-3-7-15(8-4-13)33(38)39)18(9-10-29)23(34)12-1-5-14(30)6-2-12/h1-8,16-22H,9-11H2/t16-,17-,18+,19-,20-,21+,22+/m1/s1. The van der Waals surface area contributed by atoms with Crippen LogP contribution in [0.5, 0.6) is 0 Å². The third kappa shape index (κ3) is 4.71. The molecule has 2 aromatic carbocycles. The van der Waals surface area contributed by atoms with Crippen LogP contribution in [-0.4, -0.2) is 60.0 Å². The van der Waals surface area contributed by atoms with Gasteiger partial charge in [-0.15, -0.1) is 11.6 Å². The van der Waals surface area contributed by atoms with Crippen molar-refractivity contribution in [1.82, 2.24) is 10.0 Å². The Morgan fingerprint density at radius 2 is 1.49 bits per heavy atom. The van der Waals surface area contributed by atoms with E-state index in [1.54, 1.807) is 0 Å². The molecule has 1 heterocycles. The number of halogens is 4. The summed E-state index contributed by atoms with van der Waals surface area (Å²) in [6.45, 7) is 0. The van der Waals surface area contributed by atoms with Crippen molar-refractivity contribution in [3.05, 3.63) is 74.8 Å². The van der Waals surface area contributed by atoms with Gasteiger partial charge in [-0.2, -0.15) is 5.01 Å². The van der Waals surface area contributed by atoms with Crippen LogP contribution in [0.4, 0.5) is 5.69 Å². The highest BCUT2D eigenvalue weighted by Gasteiger charge is 2.68. The second kappa shape index (κ2) is 10.9. The molecule has 2 aliphatic carbocycles. The minimum atomic E-state index is -1.30. The summed E-state index contributed by atoms with van der Waals surface area (Å²) in [7, 11) is 0. The fourth-order valence-electron chi connectivity index (χ4n) is 6.05. The van der Waals surface area contributed by atoms with E-state index < -0.39 is 46.3 Å². The van der Waals surface area contributed by atoms with E-state index in [4.69, 9.17) is 23.2 Å². The van der Waals surface area contributed by atoms with Crippen LogP contribution in [0.25, 0.3) is 0 Å². The summed E-state index contributed by atoms with van der Waals surface area (Å²) in [5.74, 6) is -3.95. The lowest BCUT2D eigenvalue weighted by molar-refractivity contribution is -0.384. The van der Waals surface area contributed by atoms with Crippen molar-refractivity contribution in [2.45, 2.75) is 28.5 Å². The largest absolute Gasteiger partial charge is 0.292 e. The predicted molar refractivity (Wildman–Crippen MR) is 150 cm³/mol. The molecule has 1 aliphatic heterocycles. The molecule has 2 aromatic rings. The van der Waals surface area contributed by atoms with E-state index in [0.29, 0.717) is 11.4 Å². The van der Waals surface area contributed by atoms with E-state index in [9.17, 15) is 29.3 Å². The molecular formula is C26H21Br2Cl2N3O6. The SMILES string of the molecule is O=C(c1ccc(Cl)cc1)[C@H](CCCl)N(C(=O)c1ccc([N+](=O)[O-])cc1)N1C(=O)[C@@H]2[C@H]3C[C@@H]([C@H](Br)[C@H]3Br)[C@H]2C1=O. The molecule has 3 fully saturated rings. The summed E-state index contributed by atoms with van der Waals surface area (Å²) in [5.41, 5.74) is -0.0447. The Bertz CT molecular complexity index is 1330. The predicted octanol–water partition coefficient (Wildman–Crippen LogP) is 5.26. The molecule has 5 rings (SSSR count). The van der Waals surface area contributed by atoms with Gasteiger partial charge in [-0.1, -0.05) is 43.5 Å². The molecule has 0 aromatic heterocycles. The van der Waals surface area contributed by atoms with Crippen LogP contribution in [0.15, 0.2) is 48.5 Å². The Balaban J connectivity index is 1.59. The maximum Gasteiger partial charge on any atom is 0.273 e. The fourth-order valence-corrected chi connectivity index (χ4v) is 8.26. The number of nitro groups is 1. The number of hydrazine groups is 1. The van der Waals surface area contributed by atoms with Gasteiger partial charge in [-0.05, 0) is 61.1 Å². The number of rotatable bonds is 8. The lowest BCUT2D eigenvalue weighted by atomic mass is 9.81. The number of alkyl halides is 3. The summed E-state index contributed by atoms with van der Waals surface area (Å²) in [6.07, 6.45) is 0.640. The van der Waals surface area contributed by atoms with Crippen LogP contribution in [0.1, 0.15) is 33.6 Å². The zero-order chi connectivity index (χ0) is 28.2. The summed E-state index contributed by atoms with van der Waals surface area (Å²) >= 11 is 19.4. The number of imide groups is 1. The van der Waals surface area contributed by atoms with Crippen molar-refractivity contribution in [1.29, 1.82) is 0 Å². The van der Waals surface area contributed by atoms with E-state index in [0.717, 1.165) is 22.2 Å². The number of nitro benzene ring substituents is 1. The maximum atomic E-state index is 14.0. The fraction of sp³-hybridized carbons (Fsp3) is 0.385. The highest BCUT2D eigenvalue weighted by molar-refractivity contribution is 9.12. The van der Waals surface area contributed by atoms with Gasteiger partial charge in [-0.25, -0.2) is 5.01 Å². The highest BCUT2D eigenvalue weighted by Crippen LogP contribution is 2.60. The first-order chi connectivity index (χ1) is 18.6. The Hall–Kier alpha value is -2.34. The zero-order valence-electron chi connectivity index (χ0n) is 20.1. The summed E-state index contributed by atoms with van der Waals surface area (Å²) in [5, 5.41) is 13.3. The van der Waals surface area contributed by atoms with E-state index in [1.807, 2.05) is 0 Å². The first-order valence-corrected chi connectivity index (χ1v) is 14.9. The second-order valence-electron chi connectivity index (χ2n) is 9.81. The van der Waals surface area contributed by atoms with Crippen molar-refractivity contribution >= 4 is 84.3 Å². The summed E-state index contributed by atoms with van der Waals surface area (Å²) in [6, 6.07) is 9.50. The van der Waals surface area contributed by atoms with Gasteiger partial charge in [-0.3, -0.25) is 29.3 Å². The van der Waals surface area contributed by atoms with Gasteiger partial charge in [0.15, 0.2) is 5.78 Å². The minimum absolute atomic E-state index is 0.0198. The minimum Gasteiger partial charge on any atom is -0.292 e. The monoisotopic (exact) mass is 699 g/mol. The Morgan fingerprint density at radius 3 is 1.97 bits per heavy atom. The number of benzene rings is 2. The number of non-ortho nitro benzene ring substituents is 1. The number of amides is 3. The molecule has 1 saturated heterocycles. The quantitative estimate of drug-likeness (QED) is 0.122. The molecular weight excluding hydrogens is 681 g/mol. The van der Waals surface area contributed by atoms with E-state index in [2.05, 4.69) is 31.9 Å². The normalized spacial score (nSPS) is 27.9. The zero-order valence-corrected chi connectivity index (χ0v) is 24.8. The number of hydrogen-bond acceptors (Lipinski definition) is 6. The number of fused-ring (bicyclic) bond motifs is 5. The third-order valence-electron chi connectivity index (χ3n) is 7.82. The Labute approximate surface area is 250 Å². The maximum absolute atomic E-state index is 14.0. The van der Waals surface area contributed by atoms with Crippen LogP contribution >= 0.6 is 55.1 Å². The molecule has 0 N–H and O–H groups in total. The average Bonchev–Trinajstić information content (AvgIpc) is 3.54. The molecule has 0 radical (unpaired) electrons. The summed E-state index contributed by atoms with van der Waals surface area (Å²) < 4.78 is 0. The van der Waals surface area contributed by atoms with Gasteiger partial charge >= 0.3 is 0 Å². The molecule has 3 aliphatic rings. The van der Waals surface area contributed by atoms with Gasteiger partial charge in [0.1, 0.15) is 6.04 Å². The number of carbonyl (C=O) groups excluding carboxylic acids is 4. The van der Waals surface area contributed by atoms with E-state index in [-0.39, 0.29) is 50.6 Å². The van der Waals surface area contributed by atoms with Crippen LogP contribution in [0, 0.1) is 33.8 Å². The van der Waals surface area contributed by atoms with Crippen LogP contribution in [0.3, 0.4) is 0 Å². The molecule has 39 heavy (non-hydrogen) atoms.